The molecule has 1 atom stereocenters. The second-order valence-corrected chi connectivity index (χ2v) is 7.81. The van der Waals surface area contributed by atoms with Gasteiger partial charge in [-0.05, 0) is 30.4 Å². The largest absolute Gasteiger partial charge is 0.384 e. The van der Waals surface area contributed by atoms with Crippen LogP contribution in [0.5, 0.6) is 0 Å². The van der Waals surface area contributed by atoms with Crippen LogP contribution in [0.4, 0.5) is 5.82 Å². The highest BCUT2D eigenvalue weighted by Gasteiger charge is 2.21. The van der Waals surface area contributed by atoms with E-state index in [1.54, 1.807) is 11.3 Å². The van der Waals surface area contributed by atoms with Gasteiger partial charge in [-0.15, -0.1) is 11.3 Å². The first-order valence-electron chi connectivity index (χ1n) is 9.41. The fourth-order valence-electron chi connectivity index (χ4n) is 3.18. The first-order chi connectivity index (χ1) is 13.9. The Hall–Kier alpha value is -2.97. The molecular formula is C21H24N4O3S. The van der Waals surface area contributed by atoms with Crippen molar-refractivity contribution in [2.45, 2.75) is 32.9 Å². The molecule has 0 bridgehead atoms. The molecular weight excluding hydrogens is 388 g/mol. The van der Waals surface area contributed by atoms with Gasteiger partial charge in [-0.3, -0.25) is 24.5 Å². The average molecular weight is 413 g/mol. The summed E-state index contributed by atoms with van der Waals surface area (Å²) in [5.41, 5.74) is 6.62. The fourth-order valence-corrected chi connectivity index (χ4v) is 4.01. The van der Waals surface area contributed by atoms with Gasteiger partial charge >= 0.3 is 5.69 Å². The number of nitrogen functional groups attached to an aromatic ring is 1. The Morgan fingerprint density at radius 3 is 2.59 bits per heavy atom. The third kappa shape index (κ3) is 4.55. The molecule has 2 aromatic heterocycles. The van der Waals surface area contributed by atoms with Crippen molar-refractivity contribution in [1.29, 1.82) is 0 Å². The van der Waals surface area contributed by atoms with Crippen molar-refractivity contribution in [3.05, 3.63) is 84.2 Å². The smallest absolute Gasteiger partial charge is 0.329 e. The minimum atomic E-state index is -0.755. The quantitative estimate of drug-likeness (QED) is 0.492. The third-order valence-corrected chi connectivity index (χ3v) is 5.61. The van der Waals surface area contributed by atoms with Crippen molar-refractivity contribution in [2.24, 2.45) is 0 Å². The topological polar surface area (TPSA) is 110 Å². The highest BCUT2D eigenvalue weighted by molar-refractivity contribution is 7.10. The van der Waals surface area contributed by atoms with E-state index in [-0.39, 0.29) is 24.0 Å². The second kappa shape index (κ2) is 9.02. The molecule has 0 fully saturated rings. The molecule has 0 saturated carbocycles. The van der Waals surface area contributed by atoms with E-state index in [1.807, 2.05) is 55.6 Å². The minimum Gasteiger partial charge on any atom is -0.384 e. The Kier molecular flexibility index (Phi) is 6.46. The van der Waals surface area contributed by atoms with Crippen molar-refractivity contribution in [2.75, 3.05) is 12.3 Å². The maximum atomic E-state index is 12.8. The molecule has 3 rings (SSSR count). The Bertz CT molecular complexity index is 1100. The zero-order valence-corrected chi connectivity index (χ0v) is 17.2. The van der Waals surface area contributed by atoms with Gasteiger partial charge in [-0.2, -0.15) is 0 Å². The predicted molar refractivity (Wildman–Crippen MR) is 116 cm³/mol. The van der Waals surface area contributed by atoms with Crippen LogP contribution in [0.2, 0.25) is 0 Å². The number of ketones is 1. The van der Waals surface area contributed by atoms with E-state index in [4.69, 9.17) is 5.73 Å². The number of carbonyl (C=O) groups is 1. The molecule has 3 aromatic rings. The second-order valence-electron chi connectivity index (χ2n) is 6.83. The van der Waals surface area contributed by atoms with Gasteiger partial charge in [-0.1, -0.05) is 42.8 Å². The number of hydrogen-bond acceptors (Lipinski definition) is 6. The Morgan fingerprint density at radius 2 is 1.97 bits per heavy atom. The Balaban J connectivity index is 1.88. The Morgan fingerprint density at radius 1 is 1.24 bits per heavy atom. The number of anilines is 1. The molecule has 2 heterocycles. The lowest BCUT2D eigenvalue weighted by Crippen LogP contribution is -2.38. The highest BCUT2D eigenvalue weighted by atomic mass is 32.1. The summed E-state index contributed by atoms with van der Waals surface area (Å²) in [5.74, 6) is -0.544. The maximum Gasteiger partial charge on any atom is 0.329 e. The number of rotatable bonds is 8. The van der Waals surface area contributed by atoms with Crippen molar-refractivity contribution in [1.82, 2.24) is 14.9 Å². The van der Waals surface area contributed by atoms with Crippen molar-refractivity contribution >= 4 is 22.9 Å². The zero-order chi connectivity index (χ0) is 21.0. The summed E-state index contributed by atoms with van der Waals surface area (Å²) >= 11 is 1.58. The maximum absolute atomic E-state index is 12.8. The molecule has 0 aliphatic rings. The Labute approximate surface area is 172 Å². The molecule has 0 radical (unpaired) electrons. The summed E-state index contributed by atoms with van der Waals surface area (Å²) in [5, 5.41) is 5.22. The van der Waals surface area contributed by atoms with E-state index in [2.05, 4.69) is 10.3 Å². The summed E-state index contributed by atoms with van der Waals surface area (Å²) in [6.07, 6.45) is 0.649. The van der Waals surface area contributed by atoms with Gasteiger partial charge in [0.05, 0.1) is 12.6 Å². The third-order valence-electron chi connectivity index (χ3n) is 4.67. The molecule has 0 aliphatic carbocycles. The summed E-state index contributed by atoms with van der Waals surface area (Å²) in [6.45, 7) is 4.14. The lowest BCUT2D eigenvalue weighted by Gasteiger charge is -2.18. The van der Waals surface area contributed by atoms with Gasteiger partial charge < -0.3 is 5.73 Å². The van der Waals surface area contributed by atoms with E-state index >= 15 is 0 Å². The normalized spacial score (nSPS) is 12.1. The van der Waals surface area contributed by atoms with Gasteiger partial charge in [0.1, 0.15) is 11.4 Å². The summed E-state index contributed by atoms with van der Waals surface area (Å²) in [4.78, 5) is 40.3. The highest BCUT2D eigenvalue weighted by Crippen LogP contribution is 2.26. The number of Topliss-reactive ketones (excluding diaryl/α,β-unsaturated/α-hetero) is 1. The van der Waals surface area contributed by atoms with Gasteiger partial charge in [0.25, 0.3) is 5.56 Å². The van der Waals surface area contributed by atoms with Crippen molar-refractivity contribution < 1.29 is 4.79 Å². The van der Waals surface area contributed by atoms with E-state index in [1.165, 1.54) is 4.57 Å². The standard InChI is InChI=1S/C21H24N4O3S/c1-3-10-25-19(22)17(20(27)24-21(25)28)15(26)12-23-18(16-5-4-11-29-16)14-8-6-13(2)7-9-14/h4-9,11,18,23H,3,10,12,22H2,1-2H3,(H,24,27,28)/t18-/m0/s1. The number of H-pyrrole nitrogens is 1. The number of benzene rings is 1. The van der Waals surface area contributed by atoms with Gasteiger partial charge in [0, 0.05) is 11.4 Å². The van der Waals surface area contributed by atoms with Gasteiger partial charge in [0.2, 0.25) is 0 Å². The van der Waals surface area contributed by atoms with Crippen LogP contribution in [0.25, 0.3) is 0 Å². The molecule has 0 unspecified atom stereocenters. The minimum absolute atomic E-state index is 0.0876. The number of nitrogens with one attached hydrogen (secondary N) is 2. The lowest BCUT2D eigenvalue weighted by molar-refractivity contribution is 0.0987. The van der Waals surface area contributed by atoms with Gasteiger partial charge in [0.15, 0.2) is 5.78 Å². The molecule has 152 valence electrons. The van der Waals surface area contributed by atoms with Gasteiger partial charge in [-0.25, -0.2) is 4.79 Å². The number of aromatic amines is 1. The lowest BCUT2D eigenvalue weighted by atomic mass is 10.0. The number of thiophene rings is 1. The molecule has 1 aromatic carbocycles. The first-order valence-corrected chi connectivity index (χ1v) is 10.3. The molecule has 7 nitrogen and oxygen atoms in total. The number of nitrogens with zero attached hydrogens (tertiary/aromatic N) is 1. The molecule has 29 heavy (non-hydrogen) atoms. The van der Waals surface area contributed by atoms with Crippen LogP contribution < -0.4 is 22.3 Å². The van der Waals surface area contributed by atoms with Crippen LogP contribution in [0.15, 0.2) is 51.4 Å². The summed E-state index contributed by atoms with van der Waals surface area (Å²) in [7, 11) is 0. The van der Waals surface area contributed by atoms with E-state index in [0.717, 1.165) is 16.0 Å². The average Bonchev–Trinajstić information content (AvgIpc) is 3.21. The van der Waals surface area contributed by atoms with Crippen LogP contribution >= 0.6 is 11.3 Å². The van der Waals surface area contributed by atoms with Crippen LogP contribution in [-0.4, -0.2) is 21.9 Å². The molecule has 4 N–H and O–H groups in total. The summed E-state index contributed by atoms with van der Waals surface area (Å²) < 4.78 is 1.23. The molecule has 0 spiro atoms. The van der Waals surface area contributed by atoms with Crippen LogP contribution in [0, 0.1) is 6.92 Å². The van der Waals surface area contributed by atoms with E-state index in [9.17, 15) is 14.4 Å². The number of carbonyl (C=O) groups excluding carboxylic acids is 1. The molecule has 0 aliphatic heterocycles. The van der Waals surface area contributed by atoms with Crippen LogP contribution in [0.3, 0.4) is 0 Å². The predicted octanol–water partition coefficient (Wildman–Crippen LogP) is 2.46. The van der Waals surface area contributed by atoms with Crippen LogP contribution in [-0.2, 0) is 6.54 Å². The SMILES string of the molecule is CCCn1c(N)c(C(=O)CN[C@@H](c2ccc(C)cc2)c2cccs2)c(=O)[nH]c1=O. The number of aryl methyl sites for hydroxylation is 1. The number of hydrogen-bond donors (Lipinski definition) is 3. The van der Waals surface area contributed by atoms with E-state index < -0.39 is 17.0 Å². The zero-order valence-electron chi connectivity index (χ0n) is 16.4. The number of nitrogens with two attached hydrogens (primary N) is 1. The molecule has 0 saturated heterocycles. The molecule has 0 amide bonds. The van der Waals surface area contributed by atoms with E-state index in [0.29, 0.717) is 13.0 Å². The molecule has 8 heteroatoms. The monoisotopic (exact) mass is 412 g/mol. The first kappa shape index (κ1) is 20.8. The number of aromatic nitrogens is 2. The van der Waals surface area contributed by atoms with Crippen LogP contribution in [0.1, 0.15) is 45.7 Å². The fraction of sp³-hybridized carbons (Fsp3) is 0.286. The van der Waals surface area contributed by atoms with Crippen molar-refractivity contribution in [3.63, 3.8) is 0 Å². The van der Waals surface area contributed by atoms with Crippen molar-refractivity contribution in [3.8, 4) is 0 Å². The summed E-state index contributed by atoms with van der Waals surface area (Å²) in [6, 6.07) is 11.8.